The lowest BCUT2D eigenvalue weighted by Crippen LogP contribution is -2.12. The lowest BCUT2D eigenvalue weighted by molar-refractivity contribution is 0.314. The number of oxime groups is 2. The van der Waals surface area contributed by atoms with Crippen molar-refractivity contribution in [3.8, 4) is 11.1 Å². The van der Waals surface area contributed by atoms with E-state index < -0.39 is 0 Å². The molecule has 0 heterocycles. The molecule has 0 saturated carbocycles. The molecule has 0 bridgehead atoms. The van der Waals surface area contributed by atoms with Crippen molar-refractivity contribution in [2.24, 2.45) is 10.3 Å². The predicted octanol–water partition coefficient (Wildman–Crippen LogP) is 3.38. The van der Waals surface area contributed by atoms with Crippen LogP contribution in [0.15, 0.2) is 64.9 Å². The van der Waals surface area contributed by atoms with Crippen LogP contribution < -0.4 is 0 Å². The molecule has 0 atom stereocenters. The van der Waals surface area contributed by atoms with Crippen LogP contribution in [-0.2, 0) is 0 Å². The molecule has 0 spiro atoms. The zero-order chi connectivity index (χ0) is 13.7. The maximum Gasteiger partial charge on any atom is 0.134 e. The van der Waals surface area contributed by atoms with Crippen LogP contribution in [0.4, 0.5) is 0 Å². The van der Waals surface area contributed by atoms with Crippen molar-refractivity contribution < 1.29 is 10.4 Å². The first-order valence-electron chi connectivity index (χ1n) is 5.83. The van der Waals surface area contributed by atoms with Gasteiger partial charge in [-0.25, -0.2) is 0 Å². The van der Waals surface area contributed by atoms with Gasteiger partial charge in [-0.2, -0.15) is 0 Å². The smallest absolute Gasteiger partial charge is 0.134 e. The quantitative estimate of drug-likeness (QED) is 0.501. The fourth-order valence-electron chi connectivity index (χ4n) is 1.84. The summed E-state index contributed by atoms with van der Waals surface area (Å²) in [7, 11) is 0. The fourth-order valence-corrected chi connectivity index (χ4v) is 1.84. The molecule has 0 amide bonds. The molecule has 0 unspecified atom stereocenters. The van der Waals surface area contributed by atoms with Gasteiger partial charge in [-0.15, -0.1) is 0 Å². The van der Waals surface area contributed by atoms with Crippen molar-refractivity contribution in [3.63, 3.8) is 0 Å². The molecule has 0 saturated heterocycles. The molecule has 0 aliphatic rings. The van der Waals surface area contributed by atoms with Gasteiger partial charge in [-0.3, -0.25) is 0 Å². The van der Waals surface area contributed by atoms with Gasteiger partial charge >= 0.3 is 0 Å². The van der Waals surface area contributed by atoms with Crippen LogP contribution in [0.5, 0.6) is 0 Å². The highest BCUT2D eigenvalue weighted by Crippen LogP contribution is 2.19. The maximum atomic E-state index is 8.96. The van der Waals surface area contributed by atoms with Gasteiger partial charge in [0.15, 0.2) is 0 Å². The van der Waals surface area contributed by atoms with Gasteiger partial charge in [0.1, 0.15) is 11.4 Å². The van der Waals surface area contributed by atoms with Gasteiger partial charge in [0.25, 0.3) is 0 Å². The second kappa shape index (κ2) is 5.82. The number of nitrogens with zero attached hydrogens (tertiary/aromatic N) is 2. The largest absolute Gasteiger partial charge is 0.411 e. The zero-order valence-corrected chi connectivity index (χ0v) is 10.5. The predicted molar refractivity (Wildman–Crippen MR) is 75.1 cm³/mol. The third-order valence-corrected chi connectivity index (χ3v) is 2.86. The van der Waals surface area contributed by atoms with E-state index in [0.29, 0.717) is 5.56 Å². The molecule has 2 aromatic carbocycles. The molecule has 19 heavy (non-hydrogen) atoms. The van der Waals surface area contributed by atoms with Gasteiger partial charge in [-0.05, 0) is 18.1 Å². The van der Waals surface area contributed by atoms with Gasteiger partial charge in [-0.1, -0.05) is 64.9 Å². The SMILES string of the molecule is CC(=N\O)/C(=N\O)c1ccc(-c2ccccc2)cc1. The molecule has 0 aliphatic heterocycles. The van der Waals surface area contributed by atoms with E-state index in [2.05, 4.69) is 10.3 Å². The second-order valence-electron chi connectivity index (χ2n) is 4.08. The Labute approximate surface area is 111 Å². The summed E-state index contributed by atoms with van der Waals surface area (Å²) in [4.78, 5) is 0. The fraction of sp³-hybridized carbons (Fsp3) is 0.0667. The van der Waals surface area contributed by atoms with Gasteiger partial charge in [0.05, 0.1) is 0 Å². The number of benzene rings is 2. The molecule has 2 aromatic rings. The lowest BCUT2D eigenvalue weighted by Gasteiger charge is -2.05. The first-order valence-corrected chi connectivity index (χ1v) is 5.83. The Morgan fingerprint density at radius 1 is 0.789 bits per heavy atom. The van der Waals surface area contributed by atoms with E-state index in [1.807, 2.05) is 54.6 Å². The molecule has 0 aromatic heterocycles. The maximum absolute atomic E-state index is 8.96. The first-order chi connectivity index (χ1) is 9.26. The average Bonchev–Trinajstić information content (AvgIpc) is 2.49. The Balaban J connectivity index is 2.34. The normalized spacial score (nSPS) is 12.5. The second-order valence-corrected chi connectivity index (χ2v) is 4.08. The molecule has 96 valence electrons. The van der Waals surface area contributed by atoms with Crippen molar-refractivity contribution >= 4 is 11.4 Å². The van der Waals surface area contributed by atoms with Crippen LogP contribution in [-0.4, -0.2) is 21.8 Å². The summed E-state index contributed by atoms with van der Waals surface area (Å²) in [6.45, 7) is 1.57. The van der Waals surface area contributed by atoms with Crippen molar-refractivity contribution in [2.45, 2.75) is 6.92 Å². The minimum atomic E-state index is 0.252. The summed E-state index contributed by atoms with van der Waals surface area (Å²) in [6.07, 6.45) is 0. The van der Waals surface area contributed by atoms with Crippen molar-refractivity contribution in [1.82, 2.24) is 0 Å². The summed E-state index contributed by atoms with van der Waals surface area (Å²) in [5.41, 5.74) is 3.39. The summed E-state index contributed by atoms with van der Waals surface area (Å²) in [5, 5.41) is 23.9. The minimum absolute atomic E-state index is 0.252. The number of hydrogen-bond donors (Lipinski definition) is 2. The van der Waals surface area contributed by atoms with Gasteiger partial charge < -0.3 is 10.4 Å². The van der Waals surface area contributed by atoms with Gasteiger partial charge in [0, 0.05) is 5.56 Å². The highest BCUT2D eigenvalue weighted by atomic mass is 16.4. The summed E-state index contributed by atoms with van der Waals surface area (Å²) < 4.78 is 0. The van der Waals surface area contributed by atoms with Crippen LogP contribution in [0.3, 0.4) is 0 Å². The van der Waals surface area contributed by atoms with Crippen molar-refractivity contribution in [1.29, 1.82) is 0 Å². The molecular formula is C15H14N2O2. The number of hydrogen-bond acceptors (Lipinski definition) is 4. The highest BCUT2D eigenvalue weighted by Gasteiger charge is 2.09. The lowest BCUT2D eigenvalue weighted by atomic mass is 10.0. The molecular weight excluding hydrogens is 240 g/mol. The Bertz CT molecular complexity index is 602. The molecule has 4 nitrogen and oxygen atoms in total. The standard InChI is InChI=1S/C15H14N2O2/c1-11(16-18)15(17-19)14-9-7-13(8-10-14)12-5-3-2-4-6-12/h2-10,18-19H,1H3/b16-11+,17-15+. The topological polar surface area (TPSA) is 65.2 Å². The van der Waals surface area contributed by atoms with Crippen LogP contribution in [0.1, 0.15) is 12.5 Å². The Kier molecular flexibility index (Phi) is 3.93. The van der Waals surface area contributed by atoms with E-state index in [-0.39, 0.29) is 11.4 Å². The minimum Gasteiger partial charge on any atom is -0.411 e. The monoisotopic (exact) mass is 254 g/mol. The van der Waals surface area contributed by atoms with Gasteiger partial charge in [0.2, 0.25) is 0 Å². The Hall–Kier alpha value is -2.62. The van der Waals surface area contributed by atoms with Crippen LogP contribution in [0.2, 0.25) is 0 Å². The highest BCUT2D eigenvalue weighted by molar-refractivity contribution is 6.47. The van der Waals surface area contributed by atoms with E-state index >= 15 is 0 Å². The van der Waals surface area contributed by atoms with Crippen LogP contribution in [0.25, 0.3) is 11.1 Å². The summed E-state index contributed by atoms with van der Waals surface area (Å²) in [6, 6.07) is 17.5. The molecule has 2 rings (SSSR count). The first kappa shape index (κ1) is 12.8. The Morgan fingerprint density at radius 3 is 1.89 bits per heavy atom. The van der Waals surface area contributed by atoms with E-state index in [1.165, 1.54) is 0 Å². The Morgan fingerprint density at radius 2 is 1.37 bits per heavy atom. The third-order valence-electron chi connectivity index (χ3n) is 2.86. The van der Waals surface area contributed by atoms with Crippen molar-refractivity contribution in [3.05, 3.63) is 60.2 Å². The molecule has 2 N–H and O–H groups in total. The summed E-state index contributed by atoms with van der Waals surface area (Å²) >= 11 is 0. The third kappa shape index (κ3) is 2.80. The zero-order valence-electron chi connectivity index (χ0n) is 10.5. The molecule has 0 fully saturated rings. The average molecular weight is 254 g/mol. The molecule has 0 aliphatic carbocycles. The van der Waals surface area contributed by atoms with E-state index in [1.54, 1.807) is 6.92 Å². The van der Waals surface area contributed by atoms with E-state index in [9.17, 15) is 0 Å². The molecule has 4 heteroatoms. The van der Waals surface area contributed by atoms with Crippen LogP contribution >= 0.6 is 0 Å². The summed E-state index contributed by atoms with van der Waals surface area (Å²) in [5.74, 6) is 0. The van der Waals surface area contributed by atoms with Crippen molar-refractivity contribution in [2.75, 3.05) is 0 Å². The van der Waals surface area contributed by atoms with E-state index in [4.69, 9.17) is 10.4 Å². The molecule has 0 radical (unpaired) electrons. The number of rotatable bonds is 3. The van der Waals surface area contributed by atoms with Crippen LogP contribution in [0, 0.1) is 0 Å². The van der Waals surface area contributed by atoms with E-state index in [0.717, 1.165) is 11.1 Å².